The second-order valence-electron chi connectivity index (χ2n) is 4.78. The van der Waals surface area contributed by atoms with Gasteiger partial charge in [-0.1, -0.05) is 26.0 Å². The second-order valence-corrected chi connectivity index (χ2v) is 4.78. The Hall–Kier alpha value is -1.52. The van der Waals surface area contributed by atoms with Gasteiger partial charge in [-0.2, -0.15) is 0 Å². The third-order valence-corrected chi connectivity index (χ3v) is 2.16. The third-order valence-electron chi connectivity index (χ3n) is 2.16. The molecule has 5 nitrogen and oxygen atoms in total. The molecule has 98 valence electrons. The van der Waals surface area contributed by atoms with Gasteiger partial charge in [0.15, 0.2) is 0 Å². The number of rotatable bonds is 6. The monoisotopic (exact) mass is 242 g/mol. The van der Waals surface area contributed by atoms with Crippen molar-refractivity contribution in [3.8, 4) is 0 Å². The minimum atomic E-state index is -1.00. The Morgan fingerprint density at radius 2 is 1.94 bits per heavy atom. The van der Waals surface area contributed by atoms with E-state index in [1.807, 2.05) is 20.8 Å². The van der Waals surface area contributed by atoms with E-state index in [1.54, 1.807) is 7.05 Å². The lowest BCUT2D eigenvalue weighted by Gasteiger charge is -2.22. The molecule has 0 aromatic rings. The normalized spacial score (nSPS) is 12.1. The molecule has 1 atom stereocenters. The quantitative estimate of drug-likeness (QED) is 0.696. The first-order valence-electron chi connectivity index (χ1n) is 5.62. The summed E-state index contributed by atoms with van der Waals surface area (Å²) in [6.07, 6.45) is 0.419. The van der Waals surface area contributed by atoms with Crippen LogP contribution in [0.5, 0.6) is 0 Å². The summed E-state index contributed by atoms with van der Waals surface area (Å²) in [7, 11) is 1.61. The fraction of sp³-hybridized carbons (Fsp3) is 0.667. The summed E-state index contributed by atoms with van der Waals surface area (Å²) in [6, 6.07) is -1.23. The molecular weight excluding hydrogens is 220 g/mol. The number of hydrogen-bond donors (Lipinski definition) is 2. The number of amides is 2. The molecule has 0 aliphatic carbocycles. The number of aliphatic carboxylic acids is 1. The molecule has 0 aromatic carbocycles. The van der Waals surface area contributed by atoms with Gasteiger partial charge in [-0.3, -0.25) is 0 Å². The van der Waals surface area contributed by atoms with Crippen LogP contribution >= 0.6 is 0 Å². The van der Waals surface area contributed by atoms with Gasteiger partial charge in [-0.15, -0.1) is 0 Å². The molecule has 0 spiro atoms. The van der Waals surface area contributed by atoms with E-state index in [9.17, 15) is 9.59 Å². The molecule has 5 heteroatoms. The number of urea groups is 1. The van der Waals surface area contributed by atoms with Crippen molar-refractivity contribution >= 4 is 12.0 Å². The summed E-state index contributed by atoms with van der Waals surface area (Å²) in [5, 5.41) is 11.5. The van der Waals surface area contributed by atoms with Gasteiger partial charge in [0.2, 0.25) is 0 Å². The second kappa shape index (κ2) is 6.93. The van der Waals surface area contributed by atoms with Gasteiger partial charge in [0, 0.05) is 13.6 Å². The fourth-order valence-corrected chi connectivity index (χ4v) is 1.43. The standard InChI is InChI=1S/C12H22N2O3/c1-8(2)6-10(11(15)16)13-12(17)14(5)7-9(3)4/h8,10H,3,6-7H2,1-2,4-5H3,(H,13,17)(H,15,16)/t10-/m0/s1. The van der Waals surface area contributed by atoms with Crippen molar-refractivity contribution < 1.29 is 14.7 Å². The Labute approximate surface area is 102 Å². The summed E-state index contributed by atoms with van der Waals surface area (Å²) < 4.78 is 0. The van der Waals surface area contributed by atoms with Gasteiger partial charge in [0.1, 0.15) is 6.04 Å². The maximum atomic E-state index is 11.7. The van der Waals surface area contributed by atoms with Crippen molar-refractivity contribution in [1.29, 1.82) is 0 Å². The topological polar surface area (TPSA) is 69.6 Å². The average molecular weight is 242 g/mol. The lowest BCUT2D eigenvalue weighted by atomic mass is 10.0. The summed E-state index contributed by atoms with van der Waals surface area (Å²) in [4.78, 5) is 24.1. The number of nitrogens with one attached hydrogen (secondary N) is 1. The van der Waals surface area contributed by atoms with Gasteiger partial charge in [-0.25, -0.2) is 9.59 Å². The van der Waals surface area contributed by atoms with E-state index in [4.69, 9.17) is 5.11 Å². The third kappa shape index (κ3) is 6.60. The molecule has 2 N–H and O–H groups in total. The molecule has 0 radical (unpaired) electrons. The Balaban J connectivity index is 4.39. The number of likely N-dealkylation sites (N-methyl/N-ethyl adjacent to an activating group) is 1. The molecule has 0 heterocycles. The smallest absolute Gasteiger partial charge is 0.326 e. The zero-order valence-corrected chi connectivity index (χ0v) is 11.0. The van der Waals surface area contributed by atoms with Crippen LogP contribution in [-0.4, -0.2) is 41.6 Å². The number of carboxylic acid groups (broad SMARTS) is 1. The van der Waals surface area contributed by atoms with Crippen LogP contribution in [0.3, 0.4) is 0 Å². The lowest BCUT2D eigenvalue weighted by Crippen LogP contribution is -2.47. The van der Waals surface area contributed by atoms with Gasteiger partial charge in [0.05, 0.1) is 0 Å². The van der Waals surface area contributed by atoms with E-state index >= 15 is 0 Å². The minimum absolute atomic E-state index is 0.211. The predicted molar refractivity (Wildman–Crippen MR) is 66.9 cm³/mol. The van der Waals surface area contributed by atoms with E-state index in [-0.39, 0.29) is 11.9 Å². The molecule has 0 unspecified atom stereocenters. The summed E-state index contributed by atoms with van der Waals surface area (Å²) in [6.45, 7) is 9.76. The molecule has 0 saturated carbocycles. The average Bonchev–Trinajstić information content (AvgIpc) is 2.14. The van der Waals surface area contributed by atoms with E-state index in [2.05, 4.69) is 11.9 Å². The van der Waals surface area contributed by atoms with Crippen molar-refractivity contribution in [2.45, 2.75) is 33.2 Å². The molecular formula is C12H22N2O3. The van der Waals surface area contributed by atoms with E-state index in [0.29, 0.717) is 13.0 Å². The maximum absolute atomic E-state index is 11.7. The molecule has 0 bridgehead atoms. The van der Waals surface area contributed by atoms with Crippen LogP contribution in [-0.2, 0) is 4.79 Å². The van der Waals surface area contributed by atoms with Gasteiger partial charge < -0.3 is 15.3 Å². The Morgan fingerprint density at radius 3 is 2.29 bits per heavy atom. The maximum Gasteiger partial charge on any atom is 0.326 e. The summed E-state index contributed by atoms with van der Waals surface area (Å²) in [5.74, 6) is -0.793. The van der Waals surface area contributed by atoms with Crippen LogP contribution in [0, 0.1) is 5.92 Å². The molecule has 0 saturated heterocycles. The van der Waals surface area contributed by atoms with Crippen molar-refractivity contribution in [3.63, 3.8) is 0 Å². The highest BCUT2D eigenvalue weighted by Crippen LogP contribution is 2.05. The predicted octanol–water partition coefficient (Wildman–Crippen LogP) is 1.70. The molecule has 0 rings (SSSR count). The van der Waals surface area contributed by atoms with E-state index in [0.717, 1.165) is 5.57 Å². The van der Waals surface area contributed by atoms with Gasteiger partial charge in [-0.05, 0) is 19.3 Å². The first-order valence-corrected chi connectivity index (χ1v) is 5.62. The molecule has 0 fully saturated rings. The SMILES string of the molecule is C=C(C)CN(C)C(=O)N[C@@H](CC(C)C)C(=O)O. The van der Waals surface area contributed by atoms with Gasteiger partial charge in [0.25, 0.3) is 0 Å². The minimum Gasteiger partial charge on any atom is -0.480 e. The van der Waals surface area contributed by atoms with E-state index in [1.165, 1.54) is 4.90 Å². The fourth-order valence-electron chi connectivity index (χ4n) is 1.43. The van der Waals surface area contributed by atoms with Crippen LogP contribution in [0.4, 0.5) is 4.79 Å². The number of carbonyl (C=O) groups is 2. The first-order chi connectivity index (χ1) is 7.73. The van der Waals surface area contributed by atoms with Crippen LogP contribution < -0.4 is 5.32 Å². The molecule has 17 heavy (non-hydrogen) atoms. The van der Waals surface area contributed by atoms with Crippen molar-refractivity contribution in [2.24, 2.45) is 5.92 Å². The van der Waals surface area contributed by atoms with Crippen LogP contribution in [0.1, 0.15) is 27.2 Å². The number of hydrogen-bond acceptors (Lipinski definition) is 2. The molecule has 0 aliphatic rings. The van der Waals surface area contributed by atoms with Crippen molar-refractivity contribution in [2.75, 3.05) is 13.6 Å². The van der Waals surface area contributed by atoms with Crippen LogP contribution in [0.15, 0.2) is 12.2 Å². The zero-order chi connectivity index (χ0) is 13.6. The Bertz CT molecular complexity index is 300. The number of carbonyl (C=O) groups excluding carboxylic acids is 1. The molecule has 0 aromatic heterocycles. The van der Waals surface area contributed by atoms with E-state index < -0.39 is 12.0 Å². The van der Waals surface area contributed by atoms with Crippen LogP contribution in [0.25, 0.3) is 0 Å². The first kappa shape index (κ1) is 15.5. The molecule has 2 amide bonds. The van der Waals surface area contributed by atoms with Crippen LogP contribution in [0.2, 0.25) is 0 Å². The number of carboxylic acids is 1. The highest BCUT2D eigenvalue weighted by Gasteiger charge is 2.22. The number of nitrogens with zero attached hydrogens (tertiary/aromatic N) is 1. The Kier molecular flexibility index (Phi) is 6.31. The van der Waals surface area contributed by atoms with Gasteiger partial charge >= 0.3 is 12.0 Å². The molecule has 0 aliphatic heterocycles. The zero-order valence-electron chi connectivity index (χ0n) is 11.0. The lowest BCUT2D eigenvalue weighted by molar-refractivity contribution is -0.139. The summed E-state index contributed by atoms with van der Waals surface area (Å²) >= 11 is 0. The summed E-state index contributed by atoms with van der Waals surface area (Å²) in [5.41, 5.74) is 0.846. The van der Waals surface area contributed by atoms with Crippen molar-refractivity contribution in [1.82, 2.24) is 10.2 Å². The van der Waals surface area contributed by atoms with Crippen molar-refractivity contribution in [3.05, 3.63) is 12.2 Å². The largest absolute Gasteiger partial charge is 0.480 e. The highest BCUT2D eigenvalue weighted by atomic mass is 16.4. The highest BCUT2D eigenvalue weighted by molar-refractivity contribution is 5.82. The Morgan fingerprint density at radius 1 is 1.41 bits per heavy atom.